The topological polar surface area (TPSA) is 94.1 Å². The molecule has 1 aliphatic heterocycles. The molecule has 0 bridgehead atoms. The highest BCUT2D eigenvalue weighted by Gasteiger charge is 2.32. The Labute approximate surface area is 166 Å². The Bertz CT molecular complexity index is 704. The molecule has 1 aromatic heterocycles. The van der Waals surface area contributed by atoms with Crippen LogP contribution in [0, 0.1) is 0 Å². The zero-order chi connectivity index (χ0) is 20.9. The van der Waals surface area contributed by atoms with Crippen LogP contribution in [0.4, 0.5) is 10.7 Å². The molecule has 156 valence electrons. The lowest BCUT2D eigenvalue weighted by molar-refractivity contribution is 0.0237. The summed E-state index contributed by atoms with van der Waals surface area (Å²) >= 11 is 0. The summed E-state index contributed by atoms with van der Waals surface area (Å²) in [6, 6.07) is -0.0151. The molecule has 1 unspecified atom stereocenters. The predicted octanol–water partition coefficient (Wildman–Crippen LogP) is 2.50. The van der Waals surface area contributed by atoms with Crippen molar-refractivity contribution in [3.63, 3.8) is 0 Å². The lowest BCUT2D eigenvalue weighted by atomic mass is 10.2. The van der Waals surface area contributed by atoms with Crippen molar-refractivity contribution in [2.24, 2.45) is 0 Å². The van der Waals surface area contributed by atoms with E-state index in [1.54, 1.807) is 18.9 Å². The molecule has 0 N–H and O–H groups in total. The van der Waals surface area contributed by atoms with Gasteiger partial charge in [-0.1, -0.05) is 0 Å². The van der Waals surface area contributed by atoms with E-state index in [4.69, 9.17) is 14.2 Å². The second-order valence-electron chi connectivity index (χ2n) is 7.52. The van der Waals surface area contributed by atoms with E-state index in [-0.39, 0.29) is 30.2 Å². The molecule has 1 aromatic rings. The van der Waals surface area contributed by atoms with E-state index in [1.807, 2.05) is 32.6 Å². The molecule has 9 nitrogen and oxygen atoms in total. The Morgan fingerprint density at radius 1 is 1.29 bits per heavy atom. The van der Waals surface area contributed by atoms with Crippen molar-refractivity contribution < 1.29 is 23.8 Å². The Hall–Kier alpha value is -2.58. The van der Waals surface area contributed by atoms with Crippen molar-refractivity contribution in [2.75, 3.05) is 38.3 Å². The molecular weight excluding hydrogens is 364 g/mol. The van der Waals surface area contributed by atoms with Gasteiger partial charge in [0.2, 0.25) is 11.8 Å². The van der Waals surface area contributed by atoms with Gasteiger partial charge >= 0.3 is 12.1 Å². The summed E-state index contributed by atoms with van der Waals surface area (Å²) in [5.74, 6) is 0.146. The summed E-state index contributed by atoms with van der Waals surface area (Å²) in [5, 5.41) is 0. The lowest BCUT2D eigenvalue weighted by Gasteiger charge is -2.28. The highest BCUT2D eigenvalue weighted by atomic mass is 16.6. The molecule has 28 heavy (non-hydrogen) atoms. The molecule has 2 heterocycles. The average molecular weight is 394 g/mol. The van der Waals surface area contributed by atoms with Crippen LogP contribution >= 0.6 is 0 Å². The van der Waals surface area contributed by atoms with Gasteiger partial charge in [-0.2, -0.15) is 4.98 Å². The van der Waals surface area contributed by atoms with Crippen LogP contribution in [0.2, 0.25) is 0 Å². The molecule has 2 rings (SSSR count). The van der Waals surface area contributed by atoms with Crippen molar-refractivity contribution in [3.05, 3.63) is 11.8 Å². The number of carbonyl (C=O) groups is 2. The van der Waals surface area contributed by atoms with Crippen molar-refractivity contribution >= 4 is 18.0 Å². The van der Waals surface area contributed by atoms with Gasteiger partial charge in [0.15, 0.2) is 0 Å². The van der Waals surface area contributed by atoms with E-state index in [9.17, 15) is 9.59 Å². The monoisotopic (exact) mass is 394 g/mol. The highest BCUT2D eigenvalue weighted by Crippen LogP contribution is 2.24. The number of amides is 1. The number of hydrogen-bond donors (Lipinski definition) is 0. The van der Waals surface area contributed by atoms with E-state index in [1.165, 1.54) is 6.20 Å². The predicted molar refractivity (Wildman–Crippen MR) is 104 cm³/mol. The molecule has 1 atom stereocenters. The van der Waals surface area contributed by atoms with Gasteiger partial charge in [-0.25, -0.2) is 14.6 Å². The maximum atomic E-state index is 12.3. The maximum Gasteiger partial charge on any atom is 0.410 e. The van der Waals surface area contributed by atoms with E-state index in [0.717, 1.165) is 6.42 Å². The largest absolute Gasteiger partial charge is 0.477 e. The van der Waals surface area contributed by atoms with Gasteiger partial charge < -0.3 is 24.0 Å². The minimum absolute atomic E-state index is 0.0151. The first kappa shape index (κ1) is 21.7. The minimum atomic E-state index is -0.540. The van der Waals surface area contributed by atoms with E-state index >= 15 is 0 Å². The summed E-state index contributed by atoms with van der Waals surface area (Å²) in [6.07, 6.45) is 1.84. The standard InChI is InChI=1S/C19H30N4O5/c1-7-26-15-14(16(24)27-8-2)11-20-17(21-15)23-10-9-13(12-23)22(6)18(25)28-19(3,4)5/h11,13H,7-10,12H2,1-6H3. The molecule has 0 saturated carbocycles. The summed E-state index contributed by atoms with van der Waals surface area (Å²) in [6.45, 7) is 11.0. The van der Waals surface area contributed by atoms with Crippen LogP contribution in [0.1, 0.15) is 51.4 Å². The summed E-state index contributed by atoms with van der Waals surface area (Å²) in [4.78, 5) is 36.6. The Kier molecular flexibility index (Phi) is 7.04. The number of esters is 1. The summed E-state index contributed by atoms with van der Waals surface area (Å²) in [7, 11) is 1.73. The van der Waals surface area contributed by atoms with Gasteiger partial charge in [-0.3, -0.25) is 0 Å². The molecule has 1 aliphatic rings. The zero-order valence-corrected chi connectivity index (χ0v) is 17.5. The fourth-order valence-electron chi connectivity index (χ4n) is 2.83. The normalized spacial score (nSPS) is 16.6. The zero-order valence-electron chi connectivity index (χ0n) is 17.5. The van der Waals surface area contributed by atoms with Crippen molar-refractivity contribution in [1.29, 1.82) is 0 Å². The third-order valence-electron chi connectivity index (χ3n) is 4.19. The fourth-order valence-corrected chi connectivity index (χ4v) is 2.83. The van der Waals surface area contributed by atoms with Crippen LogP contribution < -0.4 is 9.64 Å². The molecular formula is C19H30N4O5. The van der Waals surface area contributed by atoms with E-state index < -0.39 is 11.6 Å². The van der Waals surface area contributed by atoms with Gasteiger partial charge in [0, 0.05) is 20.1 Å². The van der Waals surface area contributed by atoms with Crippen LogP contribution in [0.3, 0.4) is 0 Å². The smallest absolute Gasteiger partial charge is 0.410 e. The van der Waals surface area contributed by atoms with Crippen molar-refractivity contribution in [2.45, 2.75) is 52.7 Å². The van der Waals surface area contributed by atoms with Gasteiger partial charge in [0.25, 0.3) is 0 Å². The van der Waals surface area contributed by atoms with Crippen molar-refractivity contribution in [3.8, 4) is 5.88 Å². The van der Waals surface area contributed by atoms with Crippen LogP contribution in [0.25, 0.3) is 0 Å². The molecule has 1 amide bonds. The molecule has 1 fully saturated rings. The summed E-state index contributed by atoms with van der Waals surface area (Å²) in [5.41, 5.74) is -0.337. The first-order chi connectivity index (χ1) is 13.2. The first-order valence-corrected chi connectivity index (χ1v) is 9.54. The summed E-state index contributed by atoms with van der Waals surface area (Å²) < 4.78 is 16.0. The van der Waals surface area contributed by atoms with E-state index in [2.05, 4.69) is 9.97 Å². The Morgan fingerprint density at radius 2 is 2.00 bits per heavy atom. The SMILES string of the molecule is CCOC(=O)c1cnc(N2CCC(N(C)C(=O)OC(C)(C)C)C2)nc1OCC. The molecule has 0 aliphatic carbocycles. The Morgan fingerprint density at radius 3 is 2.61 bits per heavy atom. The minimum Gasteiger partial charge on any atom is -0.477 e. The number of rotatable bonds is 6. The second kappa shape index (κ2) is 9.07. The number of nitrogens with zero attached hydrogens (tertiary/aromatic N) is 4. The first-order valence-electron chi connectivity index (χ1n) is 9.54. The Balaban J connectivity index is 2.11. The van der Waals surface area contributed by atoms with Gasteiger partial charge in [-0.15, -0.1) is 0 Å². The molecule has 0 spiro atoms. The molecule has 0 radical (unpaired) electrons. The van der Waals surface area contributed by atoms with Crippen LogP contribution in [0.5, 0.6) is 5.88 Å². The lowest BCUT2D eigenvalue weighted by Crippen LogP contribution is -2.42. The van der Waals surface area contributed by atoms with Gasteiger partial charge in [-0.05, 0) is 41.0 Å². The fraction of sp³-hybridized carbons (Fsp3) is 0.684. The van der Waals surface area contributed by atoms with Crippen LogP contribution in [-0.2, 0) is 9.47 Å². The van der Waals surface area contributed by atoms with Gasteiger partial charge in [0.05, 0.1) is 25.5 Å². The second-order valence-corrected chi connectivity index (χ2v) is 7.52. The third-order valence-corrected chi connectivity index (χ3v) is 4.19. The van der Waals surface area contributed by atoms with Crippen molar-refractivity contribution in [1.82, 2.24) is 14.9 Å². The molecule has 9 heteroatoms. The maximum absolute atomic E-state index is 12.3. The molecule has 0 aromatic carbocycles. The number of hydrogen-bond acceptors (Lipinski definition) is 8. The number of ether oxygens (including phenoxy) is 3. The number of anilines is 1. The van der Waals surface area contributed by atoms with Gasteiger partial charge in [0.1, 0.15) is 11.2 Å². The van der Waals surface area contributed by atoms with E-state index in [0.29, 0.717) is 25.6 Å². The average Bonchev–Trinajstić information content (AvgIpc) is 3.10. The quantitative estimate of drug-likeness (QED) is 0.679. The number of carbonyl (C=O) groups excluding carboxylic acids is 2. The highest BCUT2D eigenvalue weighted by molar-refractivity contribution is 5.91. The molecule has 1 saturated heterocycles. The number of likely N-dealkylation sites (N-methyl/N-ethyl adjacent to an activating group) is 1. The van der Waals surface area contributed by atoms with Crippen LogP contribution in [0.15, 0.2) is 6.20 Å². The van der Waals surface area contributed by atoms with Crippen LogP contribution in [-0.4, -0.2) is 71.9 Å². The third kappa shape index (κ3) is 5.46. The number of aromatic nitrogens is 2.